The van der Waals surface area contributed by atoms with E-state index in [1.807, 2.05) is 54.6 Å². The molecule has 0 saturated carbocycles. The Labute approximate surface area is 136 Å². The number of benzene rings is 2. The van der Waals surface area contributed by atoms with Crippen LogP contribution >= 0.6 is 15.9 Å². The lowest BCUT2D eigenvalue weighted by molar-refractivity contribution is -0.123. The fourth-order valence-electron chi connectivity index (χ4n) is 2.21. The third-order valence-corrected chi connectivity index (χ3v) is 3.86. The monoisotopic (exact) mass is 356 g/mol. The number of nitrogens with zero attached hydrogens (tertiary/aromatic N) is 1. The van der Waals surface area contributed by atoms with Gasteiger partial charge in [0.1, 0.15) is 5.70 Å². The number of nitrogens with one attached hydrogen (secondary N) is 1. The zero-order valence-electron chi connectivity index (χ0n) is 11.6. The molecule has 3 rings (SSSR count). The molecule has 3 amide bonds. The maximum atomic E-state index is 12.4. The molecule has 5 heteroatoms. The molecule has 1 saturated heterocycles. The molecule has 0 unspecified atom stereocenters. The van der Waals surface area contributed by atoms with E-state index in [4.69, 9.17) is 0 Å². The number of urea groups is 1. The standard InChI is InChI=1S/C17H13BrN2O2/c18-14-8-6-12(7-9-14)10-15-16(21)20(17(22)19-15)11-13-4-2-1-3-5-13/h1-10H,11H2,(H,19,22)/b15-10+. The number of carbonyl (C=O) groups is 2. The van der Waals surface area contributed by atoms with Gasteiger partial charge in [-0.15, -0.1) is 0 Å². The van der Waals surface area contributed by atoms with Gasteiger partial charge >= 0.3 is 6.03 Å². The van der Waals surface area contributed by atoms with Gasteiger partial charge in [-0.1, -0.05) is 58.4 Å². The lowest BCUT2D eigenvalue weighted by Gasteiger charge is -2.11. The van der Waals surface area contributed by atoms with Gasteiger partial charge in [0.15, 0.2) is 0 Å². The van der Waals surface area contributed by atoms with Gasteiger partial charge in [0.25, 0.3) is 5.91 Å². The highest BCUT2D eigenvalue weighted by atomic mass is 79.9. The molecular weight excluding hydrogens is 344 g/mol. The normalized spacial score (nSPS) is 16.2. The second kappa shape index (κ2) is 6.15. The molecule has 0 atom stereocenters. The van der Waals surface area contributed by atoms with E-state index in [1.54, 1.807) is 6.08 Å². The number of imide groups is 1. The zero-order valence-corrected chi connectivity index (χ0v) is 13.2. The molecule has 1 aliphatic heterocycles. The summed E-state index contributed by atoms with van der Waals surface area (Å²) < 4.78 is 0.960. The van der Waals surface area contributed by atoms with Crippen LogP contribution in [0.3, 0.4) is 0 Å². The van der Waals surface area contributed by atoms with Gasteiger partial charge in [-0.2, -0.15) is 0 Å². The SMILES string of the molecule is O=C1N/C(=C/c2ccc(Br)cc2)C(=O)N1Cc1ccccc1. The number of hydrogen-bond acceptors (Lipinski definition) is 2. The van der Waals surface area contributed by atoms with Gasteiger partial charge in [0.2, 0.25) is 0 Å². The van der Waals surface area contributed by atoms with Crippen LogP contribution in [0.4, 0.5) is 4.79 Å². The van der Waals surface area contributed by atoms with Crippen LogP contribution < -0.4 is 5.32 Å². The van der Waals surface area contributed by atoms with Gasteiger partial charge < -0.3 is 5.32 Å². The molecular formula is C17H13BrN2O2. The lowest BCUT2D eigenvalue weighted by Crippen LogP contribution is -2.30. The third kappa shape index (κ3) is 3.09. The number of hydrogen-bond donors (Lipinski definition) is 1. The van der Waals surface area contributed by atoms with Crippen LogP contribution in [-0.2, 0) is 11.3 Å². The Morgan fingerprint density at radius 2 is 1.68 bits per heavy atom. The van der Waals surface area contributed by atoms with Crippen LogP contribution in [0.1, 0.15) is 11.1 Å². The Kier molecular flexibility index (Phi) is 4.06. The second-order valence-electron chi connectivity index (χ2n) is 4.92. The van der Waals surface area contributed by atoms with E-state index in [0.29, 0.717) is 5.70 Å². The van der Waals surface area contributed by atoms with Crippen LogP contribution in [-0.4, -0.2) is 16.8 Å². The van der Waals surface area contributed by atoms with Gasteiger partial charge in [0, 0.05) is 4.47 Å². The summed E-state index contributed by atoms with van der Waals surface area (Å²) in [6, 6.07) is 16.6. The second-order valence-corrected chi connectivity index (χ2v) is 5.83. The summed E-state index contributed by atoms with van der Waals surface area (Å²) in [5.41, 5.74) is 2.06. The minimum Gasteiger partial charge on any atom is -0.303 e. The van der Waals surface area contributed by atoms with Crippen molar-refractivity contribution in [3.63, 3.8) is 0 Å². The highest BCUT2D eigenvalue weighted by Gasteiger charge is 2.33. The van der Waals surface area contributed by atoms with Crippen molar-refractivity contribution in [1.82, 2.24) is 10.2 Å². The summed E-state index contributed by atoms with van der Waals surface area (Å²) in [7, 11) is 0. The number of rotatable bonds is 3. The van der Waals surface area contributed by atoms with Crippen molar-refractivity contribution in [1.29, 1.82) is 0 Å². The van der Waals surface area contributed by atoms with Crippen molar-refractivity contribution in [3.05, 3.63) is 75.9 Å². The number of amides is 3. The molecule has 0 bridgehead atoms. The maximum absolute atomic E-state index is 12.4. The fourth-order valence-corrected chi connectivity index (χ4v) is 2.47. The van der Waals surface area contributed by atoms with Crippen LogP contribution in [0.5, 0.6) is 0 Å². The lowest BCUT2D eigenvalue weighted by atomic mass is 10.2. The van der Waals surface area contributed by atoms with Crippen molar-refractivity contribution < 1.29 is 9.59 Å². The predicted octanol–water partition coefficient (Wildman–Crippen LogP) is 3.54. The molecule has 0 aliphatic carbocycles. The highest BCUT2D eigenvalue weighted by Crippen LogP contribution is 2.18. The first-order chi connectivity index (χ1) is 10.6. The molecule has 4 nitrogen and oxygen atoms in total. The Bertz CT molecular complexity index is 739. The summed E-state index contributed by atoms with van der Waals surface area (Å²) in [4.78, 5) is 25.6. The molecule has 2 aromatic rings. The van der Waals surface area contributed by atoms with Gasteiger partial charge in [-0.25, -0.2) is 4.79 Å². The van der Waals surface area contributed by atoms with E-state index in [9.17, 15) is 9.59 Å². The molecule has 0 spiro atoms. The van der Waals surface area contributed by atoms with E-state index >= 15 is 0 Å². The zero-order chi connectivity index (χ0) is 15.5. The molecule has 2 aromatic carbocycles. The molecule has 1 fully saturated rings. The highest BCUT2D eigenvalue weighted by molar-refractivity contribution is 9.10. The Morgan fingerprint density at radius 1 is 1.00 bits per heavy atom. The predicted molar refractivity (Wildman–Crippen MR) is 87.6 cm³/mol. The molecule has 1 heterocycles. The molecule has 0 aromatic heterocycles. The summed E-state index contributed by atoms with van der Waals surface area (Å²) in [5, 5.41) is 2.62. The quantitative estimate of drug-likeness (QED) is 0.675. The first-order valence-electron chi connectivity index (χ1n) is 6.77. The van der Waals surface area contributed by atoms with Crippen molar-refractivity contribution in [2.24, 2.45) is 0 Å². The van der Waals surface area contributed by atoms with E-state index in [2.05, 4.69) is 21.2 Å². The first-order valence-corrected chi connectivity index (χ1v) is 7.57. The van der Waals surface area contributed by atoms with Crippen LogP contribution in [0.2, 0.25) is 0 Å². The van der Waals surface area contributed by atoms with E-state index in [1.165, 1.54) is 4.90 Å². The van der Waals surface area contributed by atoms with Crippen molar-refractivity contribution in [2.45, 2.75) is 6.54 Å². The van der Waals surface area contributed by atoms with Gasteiger partial charge in [0.05, 0.1) is 6.54 Å². The topological polar surface area (TPSA) is 49.4 Å². The van der Waals surface area contributed by atoms with Gasteiger partial charge in [-0.3, -0.25) is 9.69 Å². The molecule has 1 N–H and O–H groups in total. The molecule has 1 aliphatic rings. The maximum Gasteiger partial charge on any atom is 0.329 e. The number of halogens is 1. The summed E-state index contributed by atoms with van der Waals surface area (Å²) >= 11 is 3.36. The summed E-state index contributed by atoms with van der Waals surface area (Å²) in [6.45, 7) is 0.267. The first kappa shape index (κ1) is 14.5. The van der Waals surface area contributed by atoms with E-state index in [0.717, 1.165) is 15.6 Å². The smallest absolute Gasteiger partial charge is 0.303 e. The number of carbonyl (C=O) groups excluding carboxylic acids is 2. The average Bonchev–Trinajstić information content (AvgIpc) is 2.78. The van der Waals surface area contributed by atoms with E-state index in [-0.39, 0.29) is 12.5 Å². The van der Waals surface area contributed by atoms with Crippen molar-refractivity contribution >= 4 is 33.9 Å². The summed E-state index contributed by atoms with van der Waals surface area (Å²) in [6.07, 6.45) is 1.68. The van der Waals surface area contributed by atoms with Crippen LogP contribution in [0.25, 0.3) is 6.08 Å². The summed E-state index contributed by atoms with van der Waals surface area (Å²) in [5.74, 6) is -0.309. The minimum atomic E-state index is -0.391. The Balaban J connectivity index is 1.80. The van der Waals surface area contributed by atoms with Crippen LogP contribution in [0.15, 0.2) is 64.8 Å². The van der Waals surface area contributed by atoms with E-state index < -0.39 is 6.03 Å². The largest absolute Gasteiger partial charge is 0.329 e. The average molecular weight is 357 g/mol. The van der Waals surface area contributed by atoms with Crippen molar-refractivity contribution in [2.75, 3.05) is 0 Å². The van der Waals surface area contributed by atoms with Crippen LogP contribution in [0, 0.1) is 0 Å². The third-order valence-electron chi connectivity index (χ3n) is 3.33. The minimum absolute atomic E-state index is 0.267. The molecule has 110 valence electrons. The Hall–Kier alpha value is -2.40. The van der Waals surface area contributed by atoms with Gasteiger partial charge in [-0.05, 0) is 29.3 Å². The van der Waals surface area contributed by atoms with Crippen molar-refractivity contribution in [3.8, 4) is 0 Å². The molecule has 0 radical (unpaired) electrons. The fraction of sp³-hybridized carbons (Fsp3) is 0.0588. The molecule has 22 heavy (non-hydrogen) atoms. The Morgan fingerprint density at radius 3 is 2.36 bits per heavy atom.